The molecule has 0 saturated heterocycles. The van der Waals surface area contributed by atoms with Gasteiger partial charge in [0.1, 0.15) is 0 Å². The molecule has 2 aromatic rings. The molecule has 0 heterocycles. The summed E-state index contributed by atoms with van der Waals surface area (Å²) in [5.74, 6) is 2.13. The zero-order valence-electron chi connectivity index (χ0n) is 16.1. The van der Waals surface area contributed by atoms with E-state index in [0.717, 1.165) is 11.8 Å². The first kappa shape index (κ1) is 18.4. The van der Waals surface area contributed by atoms with Crippen LogP contribution in [0, 0.1) is 18.8 Å². The predicted molar refractivity (Wildman–Crippen MR) is 114 cm³/mol. The van der Waals surface area contributed by atoms with Crippen molar-refractivity contribution < 1.29 is 0 Å². The highest BCUT2D eigenvalue weighted by Gasteiger charge is 2.19. The van der Waals surface area contributed by atoms with Crippen molar-refractivity contribution in [3.8, 4) is 11.1 Å². The van der Waals surface area contributed by atoms with Gasteiger partial charge in [-0.2, -0.15) is 0 Å². The third kappa shape index (κ3) is 5.57. The molecule has 2 aromatic carbocycles. The van der Waals surface area contributed by atoms with Crippen LogP contribution in [0.15, 0.2) is 48.5 Å². The average molecular weight is 351 g/mol. The molecule has 0 atom stereocenters. The van der Waals surface area contributed by atoms with Gasteiger partial charge in [0.05, 0.1) is 0 Å². The molecule has 0 spiro atoms. The van der Waals surface area contributed by atoms with Gasteiger partial charge in [0.25, 0.3) is 0 Å². The normalized spacial score (nSPS) is 20.7. The lowest BCUT2D eigenvalue weighted by Crippen LogP contribution is -2.14. The van der Waals surface area contributed by atoms with Crippen LogP contribution in [0.4, 0.5) is 0 Å². The molecule has 1 saturated carbocycles. The fourth-order valence-corrected chi connectivity index (χ4v) is 5.12. The molecule has 1 aliphatic carbocycles. The van der Waals surface area contributed by atoms with Gasteiger partial charge in [-0.1, -0.05) is 98.7 Å². The topological polar surface area (TPSA) is 0 Å². The second-order valence-electron chi connectivity index (χ2n) is 8.10. The van der Waals surface area contributed by atoms with Gasteiger partial charge in [-0.25, -0.2) is 0 Å². The standard InChI is InChI=1S/C24H34Si/c1-19-6-14-23(15-7-19)24-16-12-21(13-17-24)5-3-2-4-20-8-10-22(18-25)11-9-20/h6-7,12-17,20,22H,2-5,8-11,18H2,1,25H3. The maximum absolute atomic E-state index is 2.32. The Morgan fingerprint density at radius 3 is 1.92 bits per heavy atom. The number of aryl methyl sites for hydroxylation is 2. The van der Waals surface area contributed by atoms with E-state index in [1.165, 1.54) is 89.9 Å². The number of hydrogen-bond donors (Lipinski definition) is 0. The molecule has 0 aliphatic heterocycles. The molecule has 0 aromatic heterocycles. The van der Waals surface area contributed by atoms with Gasteiger partial charge >= 0.3 is 0 Å². The molecular weight excluding hydrogens is 316 g/mol. The maximum Gasteiger partial charge on any atom is 0.00314 e. The summed E-state index contributed by atoms with van der Waals surface area (Å²) in [5, 5.41) is 0. The summed E-state index contributed by atoms with van der Waals surface area (Å²) in [4.78, 5) is 0. The van der Waals surface area contributed by atoms with Crippen LogP contribution in [0.5, 0.6) is 0 Å². The summed E-state index contributed by atoms with van der Waals surface area (Å²) in [6.07, 6.45) is 11.5. The average Bonchev–Trinajstić information content (AvgIpc) is 2.67. The van der Waals surface area contributed by atoms with Crippen molar-refractivity contribution in [2.24, 2.45) is 11.8 Å². The first-order valence-electron chi connectivity index (χ1n) is 10.4. The lowest BCUT2D eigenvalue weighted by Gasteiger charge is -2.27. The van der Waals surface area contributed by atoms with Crippen LogP contribution in [0.2, 0.25) is 6.04 Å². The van der Waals surface area contributed by atoms with Gasteiger partial charge in [0, 0.05) is 10.2 Å². The Bertz CT molecular complexity index is 618. The summed E-state index contributed by atoms with van der Waals surface area (Å²) >= 11 is 0. The van der Waals surface area contributed by atoms with Crippen molar-refractivity contribution in [3.63, 3.8) is 0 Å². The molecule has 3 rings (SSSR count). The third-order valence-electron chi connectivity index (χ3n) is 6.21. The Morgan fingerprint density at radius 2 is 1.32 bits per heavy atom. The number of rotatable bonds is 7. The van der Waals surface area contributed by atoms with E-state index in [2.05, 4.69) is 55.5 Å². The molecule has 0 N–H and O–H groups in total. The SMILES string of the molecule is Cc1ccc(-c2ccc(CCCCC3CCC(C[SiH3])CC3)cc2)cc1. The van der Waals surface area contributed by atoms with Crippen molar-refractivity contribution in [1.29, 1.82) is 0 Å². The van der Waals surface area contributed by atoms with Gasteiger partial charge in [-0.05, 0) is 48.3 Å². The molecular formula is C24H34Si. The molecule has 0 amide bonds. The van der Waals surface area contributed by atoms with E-state index in [1.807, 2.05) is 0 Å². The van der Waals surface area contributed by atoms with Crippen LogP contribution < -0.4 is 0 Å². The van der Waals surface area contributed by atoms with Gasteiger partial charge in [0.2, 0.25) is 0 Å². The van der Waals surface area contributed by atoms with Crippen molar-refractivity contribution in [1.82, 2.24) is 0 Å². The molecule has 0 radical (unpaired) electrons. The van der Waals surface area contributed by atoms with Crippen LogP contribution in [-0.2, 0) is 6.42 Å². The highest BCUT2D eigenvalue weighted by atomic mass is 28.1. The lowest BCUT2D eigenvalue weighted by molar-refractivity contribution is 0.272. The Balaban J connectivity index is 1.39. The minimum atomic E-state index is 1.04. The zero-order valence-corrected chi connectivity index (χ0v) is 18.1. The summed E-state index contributed by atoms with van der Waals surface area (Å²) < 4.78 is 0. The van der Waals surface area contributed by atoms with E-state index in [4.69, 9.17) is 0 Å². The highest BCUT2D eigenvalue weighted by molar-refractivity contribution is 6.08. The molecule has 134 valence electrons. The van der Waals surface area contributed by atoms with E-state index in [-0.39, 0.29) is 0 Å². The largest absolute Gasteiger partial charge is 0.0631 e. The fraction of sp³-hybridized carbons (Fsp3) is 0.500. The van der Waals surface area contributed by atoms with E-state index in [0.29, 0.717) is 0 Å². The maximum atomic E-state index is 2.32. The smallest absolute Gasteiger partial charge is 0.00314 e. The second kappa shape index (κ2) is 9.38. The summed E-state index contributed by atoms with van der Waals surface area (Å²) in [5.41, 5.74) is 5.47. The Hall–Kier alpha value is -1.34. The number of hydrogen-bond acceptors (Lipinski definition) is 0. The van der Waals surface area contributed by atoms with E-state index < -0.39 is 0 Å². The first-order chi connectivity index (χ1) is 12.2. The monoisotopic (exact) mass is 350 g/mol. The highest BCUT2D eigenvalue weighted by Crippen LogP contribution is 2.33. The van der Waals surface area contributed by atoms with Crippen molar-refractivity contribution in [3.05, 3.63) is 59.7 Å². The van der Waals surface area contributed by atoms with Gasteiger partial charge in [0.15, 0.2) is 0 Å². The van der Waals surface area contributed by atoms with Crippen molar-refractivity contribution in [2.75, 3.05) is 0 Å². The summed E-state index contributed by atoms with van der Waals surface area (Å²) in [6, 6.07) is 19.6. The fourth-order valence-electron chi connectivity index (χ4n) is 4.30. The minimum absolute atomic E-state index is 1.04. The molecule has 1 heteroatoms. The zero-order chi connectivity index (χ0) is 17.5. The quantitative estimate of drug-likeness (QED) is 0.426. The molecule has 0 nitrogen and oxygen atoms in total. The van der Waals surface area contributed by atoms with Crippen LogP contribution >= 0.6 is 0 Å². The van der Waals surface area contributed by atoms with Crippen LogP contribution in [-0.4, -0.2) is 10.2 Å². The van der Waals surface area contributed by atoms with Crippen molar-refractivity contribution in [2.45, 2.75) is 64.3 Å². The molecule has 1 fully saturated rings. The molecule has 0 unspecified atom stereocenters. The van der Waals surface area contributed by atoms with Crippen LogP contribution in [0.3, 0.4) is 0 Å². The van der Waals surface area contributed by atoms with E-state index in [1.54, 1.807) is 0 Å². The van der Waals surface area contributed by atoms with Gasteiger partial charge < -0.3 is 0 Å². The Labute approximate surface area is 157 Å². The summed E-state index contributed by atoms with van der Waals surface area (Å²) in [6.45, 7) is 2.14. The number of benzene rings is 2. The summed E-state index contributed by atoms with van der Waals surface area (Å²) in [7, 11) is 1.40. The number of unbranched alkanes of at least 4 members (excludes halogenated alkanes) is 1. The Kier molecular flexibility index (Phi) is 6.92. The molecule has 0 bridgehead atoms. The lowest BCUT2D eigenvalue weighted by atomic mass is 9.80. The molecule has 1 aliphatic rings. The third-order valence-corrected chi connectivity index (χ3v) is 7.37. The van der Waals surface area contributed by atoms with E-state index in [9.17, 15) is 0 Å². The van der Waals surface area contributed by atoms with Crippen molar-refractivity contribution >= 4 is 10.2 Å². The second-order valence-corrected chi connectivity index (χ2v) is 8.92. The van der Waals surface area contributed by atoms with E-state index >= 15 is 0 Å². The first-order valence-corrected chi connectivity index (χ1v) is 11.8. The van der Waals surface area contributed by atoms with Gasteiger partial charge in [-0.3, -0.25) is 0 Å². The van der Waals surface area contributed by atoms with Gasteiger partial charge in [-0.15, -0.1) is 0 Å². The Morgan fingerprint density at radius 1 is 0.760 bits per heavy atom. The predicted octanol–water partition coefficient (Wildman–Crippen LogP) is 5.96. The van der Waals surface area contributed by atoms with Crippen LogP contribution in [0.25, 0.3) is 11.1 Å². The van der Waals surface area contributed by atoms with Crippen LogP contribution in [0.1, 0.15) is 56.1 Å². The minimum Gasteiger partial charge on any atom is -0.0631 e. The molecule has 25 heavy (non-hydrogen) atoms.